The third-order valence-electron chi connectivity index (χ3n) is 24.6. The van der Waals surface area contributed by atoms with Gasteiger partial charge in [-0.05, 0) is 282 Å². The van der Waals surface area contributed by atoms with E-state index in [1.165, 1.54) is 159 Å². The molecule has 0 radical (unpaired) electrons. The van der Waals surface area contributed by atoms with Gasteiger partial charge in [0.1, 0.15) is 58.2 Å². The Morgan fingerprint density at radius 3 is 0.897 bits per heavy atom. The van der Waals surface area contributed by atoms with Crippen LogP contribution in [-0.4, -0.2) is 109 Å². The van der Waals surface area contributed by atoms with Crippen molar-refractivity contribution in [3.63, 3.8) is 0 Å². The Balaban J connectivity index is 0.000000134. The zero-order valence-electron chi connectivity index (χ0n) is 78.7. The summed E-state index contributed by atoms with van der Waals surface area (Å²) >= 11 is 6.43. The molecule has 738 valence electrons. The molecule has 0 aliphatic carbocycles. The number of halogens is 16. The van der Waals surface area contributed by atoms with Crippen molar-refractivity contribution in [3.05, 3.63) is 404 Å². The minimum absolute atomic E-state index is 0.00887. The predicted octanol–water partition coefficient (Wildman–Crippen LogP) is 25.1. The highest BCUT2D eigenvalue weighted by atomic mass is 79.9. The topological polar surface area (TPSA) is 234 Å². The molecule has 2 aliphatic rings. The lowest BCUT2D eigenvalue weighted by Crippen LogP contribution is -2.41. The molecule has 20 rings (SSSR count). The fourth-order valence-electron chi connectivity index (χ4n) is 15.7. The normalized spacial score (nSPS) is 13.6. The van der Waals surface area contributed by atoms with Gasteiger partial charge in [0.2, 0.25) is 0 Å². The number of fused-ring (bicyclic) bond motifs is 4. The number of rotatable bonds is 14. The number of pyridine rings is 4. The molecule has 10 heterocycles. The summed E-state index contributed by atoms with van der Waals surface area (Å²) in [4.78, 5) is 54.5. The number of carbonyl (C=O) groups excluding carboxylic acids is 3. The molecule has 2 aliphatic heterocycles. The summed E-state index contributed by atoms with van der Waals surface area (Å²) in [5.41, 5.74) is 4.13. The number of aryl methyl sites for hydroxylation is 3. The molecule has 0 saturated carbocycles. The number of hydrogen-bond donors (Lipinski definition) is 5. The van der Waals surface area contributed by atoms with Crippen LogP contribution < -0.4 is 21.4 Å². The first-order valence-electron chi connectivity index (χ1n) is 44.4. The van der Waals surface area contributed by atoms with Crippen LogP contribution in [-0.2, 0) is 18.6 Å². The number of anilines is 3. The van der Waals surface area contributed by atoms with Crippen LogP contribution in [0, 0.1) is 102 Å². The minimum atomic E-state index is -1.67. The zero-order valence-corrected chi connectivity index (χ0v) is 81.8. The average molecular weight is 2110 g/mol. The first-order valence-corrected chi connectivity index (χ1v) is 46.0. The third-order valence-corrected chi connectivity index (χ3v) is 25.9. The quantitative estimate of drug-likeness (QED) is 0.0504. The van der Waals surface area contributed by atoms with Crippen molar-refractivity contribution in [2.75, 3.05) is 16.0 Å². The second-order valence-corrected chi connectivity index (χ2v) is 36.9. The Labute approximate surface area is 838 Å². The number of amides is 3. The van der Waals surface area contributed by atoms with Crippen LogP contribution in [0.5, 0.6) is 0 Å². The van der Waals surface area contributed by atoms with E-state index in [0.717, 1.165) is 34.3 Å². The molecule has 145 heavy (non-hydrogen) atoms. The first kappa shape index (κ1) is 105. The maximum Gasteiger partial charge on any atom is 0.490 e. The van der Waals surface area contributed by atoms with E-state index in [-0.39, 0.29) is 99.9 Å². The average Bonchev–Trinajstić information content (AvgIpc) is 1.59. The SMILES string of the molecule is CC1(C)OB(B2OC(C)(C)C(C)(C)O2)OC1(C)C.Cc1ccc(-c2cccn3c(-c4cccc(F)c4F)ncc23)c(F)c1C(=O)Nc1ccc(F)cc1.Cc1ccc(-c2cccn3c(-c4cccc(F)c4F)ncc23)c(F)c1C(=O)Nc1ccc(F)cc1.Cc1ccc(Br)c(F)c1C(=O)Nc1ccc(F)cc1.Fc1cccc(-c2ncc3c(Br)cccn23)c1F.OB(O)c1cccn2c(-c3cccc(F)c3F)ncc12. The van der Waals surface area contributed by atoms with Gasteiger partial charge < -0.3 is 49.0 Å². The lowest BCUT2D eigenvalue weighted by atomic mass is 9.49. The number of carbonyl (C=O) groups is 3. The van der Waals surface area contributed by atoms with Gasteiger partial charge in [-0.15, -0.1) is 0 Å². The van der Waals surface area contributed by atoms with Crippen LogP contribution in [0.25, 0.3) is 89.9 Å². The Morgan fingerprint density at radius 2 is 0.572 bits per heavy atom. The van der Waals surface area contributed by atoms with E-state index in [1.54, 1.807) is 129 Å². The second kappa shape index (κ2) is 43.1. The number of imidazole rings is 4. The molecule has 10 aromatic carbocycles. The van der Waals surface area contributed by atoms with Crippen molar-refractivity contribution in [2.45, 2.75) is 98.6 Å². The van der Waals surface area contributed by atoms with Crippen LogP contribution in [0.2, 0.25) is 0 Å². The maximum absolute atomic E-state index is 15.8. The molecule has 18 aromatic rings. The Bertz CT molecular complexity index is 7670. The van der Waals surface area contributed by atoms with E-state index in [0.29, 0.717) is 67.3 Å². The molecular formula is C106H84B3Br2F14N11O9. The molecule has 8 aromatic heterocycles. The smallest absolute Gasteiger partial charge is 0.423 e. The van der Waals surface area contributed by atoms with Crippen LogP contribution in [0.3, 0.4) is 0 Å². The third kappa shape index (κ3) is 22.0. The number of aromatic nitrogens is 8. The number of nitrogens with one attached hydrogen (secondary N) is 3. The maximum atomic E-state index is 15.8. The molecule has 20 nitrogen and oxygen atoms in total. The van der Waals surface area contributed by atoms with E-state index in [2.05, 4.69) is 67.7 Å². The van der Waals surface area contributed by atoms with Gasteiger partial charge >= 0.3 is 21.1 Å². The first-order chi connectivity index (χ1) is 68.8. The van der Waals surface area contributed by atoms with E-state index in [9.17, 15) is 77.1 Å². The summed E-state index contributed by atoms with van der Waals surface area (Å²) in [5, 5.41) is 26.2. The van der Waals surface area contributed by atoms with Crippen molar-refractivity contribution in [3.8, 4) is 67.8 Å². The molecular weight excluding hydrogens is 2030 g/mol. The van der Waals surface area contributed by atoms with Crippen LogP contribution in [0.1, 0.15) is 103 Å². The predicted molar refractivity (Wildman–Crippen MR) is 534 cm³/mol. The van der Waals surface area contributed by atoms with Crippen molar-refractivity contribution >= 4 is 115 Å². The van der Waals surface area contributed by atoms with Crippen molar-refractivity contribution in [1.82, 2.24) is 37.5 Å². The van der Waals surface area contributed by atoms with Crippen molar-refractivity contribution in [1.29, 1.82) is 0 Å². The molecule has 5 N–H and O–H groups in total. The Morgan fingerprint density at radius 1 is 0.303 bits per heavy atom. The molecule has 39 heteroatoms. The van der Waals surface area contributed by atoms with E-state index < -0.39 is 120 Å². The van der Waals surface area contributed by atoms with E-state index in [4.69, 9.17) is 18.6 Å². The van der Waals surface area contributed by atoms with Gasteiger partial charge in [-0.1, -0.05) is 72.8 Å². The van der Waals surface area contributed by atoms with Crippen LogP contribution in [0.15, 0.2) is 289 Å². The number of benzene rings is 10. The molecule has 0 unspecified atom stereocenters. The van der Waals surface area contributed by atoms with Gasteiger partial charge in [0, 0.05) is 74.0 Å². The summed E-state index contributed by atoms with van der Waals surface area (Å²) in [6, 6.07) is 53.9. The van der Waals surface area contributed by atoms with Gasteiger partial charge in [0.15, 0.2) is 46.5 Å². The summed E-state index contributed by atoms with van der Waals surface area (Å²) in [5.74, 6) is -12.3. The fraction of sp³-hybridized carbons (Fsp3) is 0.142. The van der Waals surface area contributed by atoms with Gasteiger partial charge in [-0.25, -0.2) is 81.4 Å². The van der Waals surface area contributed by atoms with Gasteiger partial charge in [0.25, 0.3) is 17.7 Å². The fourth-order valence-corrected chi connectivity index (χ4v) is 16.5. The van der Waals surface area contributed by atoms with Gasteiger partial charge in [-0.3, -0.25) is 27.6 Å². The number of nitrogens with zero attached hydrogens (tertiary/aromatic N) is 8. The van der Waals surface area contributed by atoms with Gasteiger partial charge in [0.05, 0.1) is 113 Å². The highest BCUT2D eigenvalue weighted by molar-refractivity contribution is 9.11. The Kier molecular flexibility index (Phi) is 31.1. The molecule has 3 amide bonds. The lowest BCUT2D eigenvalue weighted by molar-refractivity contribution is 0.00578. The second-order valence-electron chi connectivity index (χ2n) is 35.2. The van der Waals surface area contributed by atoms with Crippen LogP contribution in [0.4, 0.5) is 78.5 Å². The van der Waals surface area contributed by atoms with Crippen molar-refractivity contribution in [2.24, 2.45) is 0 Å². The highest BCUT2D eigenvalue weighted by Gasteiger charge is 2.64. The molecule has 2 fully saturated rings. The van der Waals surface area contributed by atoms with Crippen LogP contribution >= 0.6 is 31.9 Å². The molecule has 0 bridgehead atoms. The number of hydrogen-bond acceptors (Lipinski definition) is 13. The zero-order chi connectivity index (χ0) is 104. The molecule has 2 saturated heterocycles. The summed E-state index contributed by atoms with van der Waals surface area (Å²) in [7, 11) is -2.62. The van der Waals surface area contributed by atoms with Gasteiger partial charge in [-0.2, -0.15) is 0 Å². The highest BCUT2D eigenvalue weighted by Crippen LogP contribution is 2.45. The monoisotopic (exact) mass is 2110 g/mol. The summed E-state index contributed by atoms with van der Waals surface area (Å²) in [6.07, 6.45) is 12.4. The molecule has 0 spiro atoms. The summed E-state index contributed by atoms with van der Waals surface area (Å²) in [6.45, 7) is 21.1. The lowest BCUT2D eigenvalue weighted by Gasteiger charge is -2.32. The largest absolute Gasteiger partial charge is 0.490 e. The standard InChI is InChI=1S/2C27H17F4N3O.C14H10BrF2NO.C13H9BF2N2O2.C13H7BrF2N2.C12H24B2O4/c2*1-15-7-12-19(25(31)23(15)27(35)33-17-10-8-16(28)9-11-17)18-5-3-13-34-22(18)14-32-26(34)20-4-2-6-21(29)24(20)30;1-8-2-7-11(15)13(17)12(8)14(19)18-10-5-3-9(16)4-6-10;15-10-5-1-3-8(12(10)16)13-17-7-11-9(14(19)20)4-2-6-18(11)13;14-9-4-2-6-18-11(9)7-17-13(18)8-3-1-5-10(15)12(8)16;1-9(2)10(3,4)16-13(15-9)14-17-11(5,6)12(7,8)18-14/h2*2-14H,1H3,(H,33,35);2-7H,1H3,(H,18,19);1-7,19-20H;1-7H;1-8H3. The Hall–Kier alpha value is -14.7. The molecule has 0 atom stereocenters. The summed E-state index contributed by atoms with van der Waals surface area (Å²) < 4.78 is 226. The minimum Gasteiger partial charge on any atom is -0.423 e. The van der Waals surface area contributed by atoms with E-state index >= 15 is 8.78 Å². The van der Waals surface area contributed by atoms with Crippen molar-refractivity contribution < 1.29 is 105 Å². The van der Waals surface area contributed by atoms with E-state index in [1.807, 2.05) is 61.5 Å².